The first-order valence-electron chi connectivity index (χ1n) is 17.1. The topological polar surface area (TPSA) is 42.4 Å². The summed E-state index contributed by atoms with van der Waals surface area (Å²) in [5.74, 6) is 2.27. The maximum absolute atomic E-state index is 6.52. The van der Waals surface area contributed by atoms with Gasteiger partial charge in [0.15, 0.2) is 0 Å². The van der Waals surface area contributed by atoms with E-state index < -0.39 is 0 Å². The van der Waals surface area contributed by atoms with E-state index in [9.17, 15) is 0 Å². The zero-order chi connectivity index (χ0) is 33.9. The molecule has 2 aliphatic rings. The van der Waals surface area contributed by atoms with Crippen molar-refractivity contribution < 1.29 is 30.5 Å². The molecule has 1 aliphatic heterocycles. The number of pyridine rings is 1. The summed E-state index contributed by atoms with van der Waals surface area (Å²) in [4.78, 5) is 4.66. The second-order valence-electron chi connectivity index (χ2n) is 15.2. The molecule has 0 N–H and O–H groups in total. The van der Waals surface area contributed by atoms with Crippen LogP contribution in [0.25, 0.3) is 27.6 Å². The Morgan fingerprint density at radius 1 is 0.720 bits per heavy atom. The number of azo groups is 2. The Hall–Kier alpha value is -4.60. The van der Waals surface area contributed by atoms with Crippen molar-refractivity contribution in [1.29, 1.82) is 0 Å². The number of rotatable bonds is 5. The van der Waals surface area contributed by atoms with Gasteiger partial charge in [-0.1, -0.05) is 114 Å². The SMILES string of the molecule is CC(C)(C)c1cc(C2C3C=CC=CC3N=[N+]2c2[c-]c(Oc3[c-]c4c(cc3)c3ccccc3n4-c3ccccn3)ccc2)cc(C(C)(C)C)c1.[Pt]. The van der Waals surface area contributed by atoms with Crippen LogP contribution in [-0.4, -0.2) is 20.3 Å². The molecule has 0 fully saturated rings. The second-order valence-corrected chi connectivity index (χ2v) is 15.2. The number of fused-ring (bicyclic) bond motifs is 4. The van der Waals surface area contributed by atoms with E-state index in [-0.39, 0.29) is 49.9 Å². The Balaban J connectivity index is 0.00000392. The molecule has 50 heavy (non-hydrogen) atoms. The van der Waals surface area contributed by atoms with Crippen molar-refractivity contribution in [1.82, 2.24) is 9.55 Å². The van der Waals surface area contributed by atoms with Gasteiger partial charge in [0.1, 0.15) is 17.5 Å². The van der Waals surface area contributed by atoms with Gasteiger partial charge in [0.05, 0.1) is 5.92 Å². The van der Waals surface area contributed by atoms with Crippen LogP contribution >= 0.6 is 0 Å². The van der Waals surface area contributed by atoms with Crippen LogP contribution in [0.5, 0.6) is 11.5 Å². The number of hydrogen-bond donors (Lipinski definition) is 0. The molecule has 8 rings (SSSR count). The first kappa shape index (κ1) is 33.9. The fourth-order valence-electron chi connectivity index (χ4n) is 7.07. The Labute approximate surface area is 309 Å². The van der Waals surface area contributed by atoms with Crippen LogP contribution in [0.3, 0.4) is 0 Å². The second kappa shape index (κ2) is 12.9. The van der Waals surface area contributed by atoms with Gasteiger partial charge in [-0.05, 0) is 62.8 Å². The molecule has 3 heterocycles. The molecule has 2 aromatic heterocycles. The summed E-state index contributed by atoms with van der Waals surface area (Å²) in [6, 6.07) is 38.9. The Morgan fingerprint density at radius 2 is 1.44 bits per heavy atom. The molecule has 6 heteroatoms. The molecule has 0 saturated carbocycles. The third-order valence-electron chi connectivity index (χ3n) is 9.72. The predicted molar refractivity (Wildman–Crippen MR) is 197 cm³/mol. The van der Waals surface area contributed by atoms with E-state index in [1.54, 1.807) is 0 Å². The van der Waals surface area contributed by atoms with Crippen LogP contribution in [0, 0.1) is 18.1 Å². The van der Waals surface area contributed by atoms with Crippen molar-refractivity contribution in [3.8, 4) is 17.3 Å². The zero-order valence-electron chi connectivity index (χ0n) is 29.3. The first-order chi connectivity index (χ1) is 23.5. The summed E-state index contributed by atoms with van der Waals surface area (Å²) in [6.07, 6.45) is 10.6. The summed E-state index contributed by atoms with van der Waals surface area (Å²) in [6.45, 7) is 13.8. The van der Waals surface area contributed by atoms with Crippen LogP contribution < -0.4 is 4.74 Å². The molecule has 5 nitrogen and oxygen atoms in total. The molecule has 0 spiro atoms. The van der Waals surface area contributed by atoms with E-state index in [4.69, 9.17) is 9.85 Å². The zero-order valence-corrected chi connectivity index (χ0v) is 31.6. The predicted octanol–water partition coefficient (Wildman–Crippen LogP) is 11.1. The van der Waals surface area contributed by atoms with Gasteiger partial charge in [-0.25, -0.2) is 4.98 Å². The normalized spacial score (nSPS) is 18.6. The maximum Gasteiger partial charge on any atom is 0.215 e. The molecular formula is C44H41N4OPt-. The molecule has 6 aromatic rings. The Kier molecular flexibility index (Phi) is 8.76. The molecule has 3 unspecified atom stereocenters. The number of ether oxygens (including phenoxy) is 1. The van der Waals surface area contributed by atoms with Gasteiger partial charge in [0.25, 0.3) is 0 Å². The molecule has 0 radical (unpaired) electrons. The fourth-order valence-corrected chi connectivity index (χ4v) is 7.07. The van der Waals surface area contributed by atoms with Crippen molar-refractivity contribution in [3.63, 3.8) is 0 Å². The molecule has 3 atom stereocenters. The molecule has 254 valence electrons. The van der Waals surface area contributed by atoms with Gasteiger partial charge in [-0.15, -0.1) is 28.3 Å². The van der Waals surface area contributed by atoms with Gasteiger partial charge < -0.3 is 9.30 Å². The molecule has 0 bridgehead atoms. The largest absolute Gasteiger partial charge is 0.509 e. The van der Waals surface area contributed by atoms with E-state index in [1.165, 1.54) is 16.7 Å². The van der Waals surface area contributed by atoms with E-state index in [0.717, 1.165) is 33.3 Å². The summed E-state index contributed by atoms with van der Waals surface area (Å²) >= 11 is 0. The molecule has 0 saturated heterocycles. The summed E-state index contributed by atoms with van der Waals surface area (Å²) in [5, 5.41) is 7.52. The fraction of sp³-hybridized carbons (Fsp3) is 0.250. The smallest absolute Gasteiger partial charge is 0.215 e. The van der Waals surface area contributed by atoms with Crippen LogP contribution in [0.4, 0.5) is 5.69 Å². The monoisotopic (exact) mass is 836 g/mol. The standard InChI is InChI=1S/C44H41N4O.Pt/c1-43(2,3)30-24-29(25-31(26-30)44(4,5)6)42-37-17-7-9-18-38(37)46-48(42)32-14-13-15-33(27-32)49-34-21-22-36-35-16-8-10-19-39(35)47(40(36)28-34)41-20-11-12-23-45-41;/h7-26,37-38,42H,1-6H3;/q-1;. The third kappa shape index (κ3) is 6.18. The Bertz CT molecular complexity index is 2270. The number of allylic oxidation sites excluding steroid dienone is 2. The van der Waals surface area contributed by atoms with E-state index in [2.05, 4.69) is 147 Å². The van der Waals surface area contributed by atoms with Gasteiger partial charge in [0, 0.05) is 49.8 Å². The van der Waals surface area contributed by atoms with Crippen molar-refractivity contribution in [3.05, 3.63) is 150 Å². The van der Waals surface area contributed by atoms with Crippen molar-refractivity contribution in [2.45, 2.75) is 64.5 Å². The van der Waals surface area contributed by atoms with Crippen LogP contribution in [0.15, 0.2) is 127 Å². The third-order valence-corrected chi connectivity index (χ3v) is 9.72. The molecule has 4 aromatic carbocycles. The molecular weight excluding hydrogens is 796 g/mol. The van der Waals surface area contributed by atoms with Crippen molar-refractivity contribution in [2.24, 2.45) is 11.0 Å². The maximum atomic E-state index is 6.52. The minimum absolute atomic E-state index is 0. The number of benzene rings is 4. The molecule has 0 amide bonds. The average molecular weight is 837 g/mol. The summed E-state index contributed by atoms with van der Waals surface area (Å²) in [5.41, 5.74) is 6.84. The van der Waals surface area contributed by atoms with Crippen LogP contribution in [-0.2, 0) is 31.9 Å². The van der Waals surface area contributed by atoms with Gasteiger partial charge in [-0.3, -0.25) is 0 Å². The van der Waals surface area contributed by atoms with Crippen LogP contribution in [0.2, 0.25) is 0 Å². The summed E-state index contributed by atoms with van der Waals surface area (Å²) in [7, 11) is 0. The number of aromatic nitrogens is 2. The van der Waals surface area contributed by atoms with Gasteiger partial charge >= 0.3 is 0 Å². The molecule has 1 aliphatic carbocycles. The van der Waals surface area contributed by atoms with Crippen molar-refractivity contribution in [2.75, 3.05) is 0 Å². The summed E-state index contributed by atoms with van der Waals surface area (Å²) < 4.78 is 10.8. The van der Waals surface area contributed by atoms with Crippen LogP contribution in [0.1, 0.15) is 64.3 Å². The number of hydrogen-bond acceptors (Lipinski definition) is 3. The van der Waals surface area contributed by atoms with Gasteiger partial charge in [-0.2, -0.15) is 12.1 Å². The minimum Gasteiger partial charge on any atom is -0.509 e. The van der Waals surface area contributed by atoms with Crippen molar-refractivity contribution >= 4 is 27.5 Å². The minimum atomic E-state index is 0. The van der Waals surface area contributed by atoms with E-state index in [0.29, 0.717) is 11.5 Å². The van der Waals surface area contributed by atoms with E-state index in [1.807, 2.05) is 42.6 Å². The van der Waals surface area contributed by atoms with Gasteiger partial charge in [0.2, 0.25) is 6.04 Å². The average Bonchev–Trinajstić information content (AvgIpc) is 3.64. The van der Waals surface area contributed by atoms with E-state index >= 15 is 0 Å². The first-order valence-corrected chi connectivity index (χ1v) is 17.1. The Morgan fingerprint density at radius 3 is 2.18 bits per heavy atom. The number of para-hydroxylation sites is 1. The quantitative estimate of drug-likeness (QED) is 0.128. The number of nitrogens with zero attached hydrogens (tertiary/aromatic N) is 4.